The second-order valence-corrected chi connectivity index (χ2v) is 5.21. The molecule has 2 heterocycles. The Morgan fingerprint density at radius 1 is 1.53 bits per heavy atom. The molecule has 1 atom stereocenters. The summed E-state index contributed by atoms with van der Waals surface area (Å²) in [4.78, 5) is 5.74. The van der Waals surface area contributed by atoms with E-state index in [1.165, 1.54) is 17.7 Å². The van der Waals surface area contributed by atoms with Crippen molar-refractivity contribution in [2.75, 3.05) is 18.5 Å². The van der Waals surface area contributed by atoms with E-state index >= 15 is 0 Å². The molecule has 1 N–H and O–H groups in total. The quantitative estimate of drug-likeness (QED) is 0.857. The minimum absolute atomic E-state index is 0.472. The zero-order valence-corrected chi connectivity index (χ0v) is 10.2. The average Bonchev–Trinajstić information content (AvgIpc) is 2.79. The van der Waals surface area contributed by atoms with E-state index in [9.17, 15) is 0 Å². The molecule has 0 bridgehead atoms. The van der Waals surface area contributed by atoms with E-state index in [-0.39, 0.29) is 0 Å². The van der Waals surface area contributed by atoms with Crippen molar-refractivity contribution in [2.45, 2.75) is 39.2 Å². The number of aryl methyl sites for hydroxylation is 2. The lowest BCUT2D eigenvalue weighted by Crippen LogP contribution is -2.12. The molecule has 4 heteroatoms. The predicted octanol–water partition coefficient (Wildman–Crippen LogP) is 2.74. The lowest BCUT2D eigenvalue weighted by Gasteiger charge is -2.08. The van der Waals surface area contributed by atoms with Crippen molar-refractivity contribution in [1.29, 1.82) is 0 Å². The average molecular weight is 226 g/mol. The molecule has 1 fully saturated rings. The summed E-state index contributed by atoms with van der Waals surface area (Å²) in [5.74, 6) is 0. The normalized spacial score (nSPS) is 20.8. The van der Waals surface area contributed by atoms with Gasteiger partial charge in [-0.05, 0) is 33.1 Å². The van der Waals surface area contributed by atoms with Gasteiger partial charge < -0.3 is 10.1 Å². The third kappa shape index (κ3) is 2.92. The number of nitrogens with zero attached hydrogens (tertiary/aromatic N) is 1. The van der Waals surface area contributed by atoms with Crippen molar-refractivity contribution in [1.82, 2.24) is 4.98 Å². The van der Waals surface area contributed by atoms with Gasteiger partial charge in [-0.1, -0.05) is 0 Å². The first-order valence-corrected chi connectivity index (χ1v) is 6.37. The van der Waals surface area contributed by atoms with Gasteiger partial charge in [0.1, 0.15) is 0 Å². The molecule has 1 aromatic heterocycles. The smallest absolute Gasteiger partial charge is 0.183 e. The molecular weight excluding hydrogens is 208 g/mol. The Kier molecular flexibility index (Phi) is 3.59. The van der Waals surface area contributed by atoms with Crippen molar-refractivity contribution in [3.8, 4) is 0 Å². The number of anilines is 1. The summed E-state index contributed by atoms with van der Waals surface area (Å²) in [6.07, 6.45) is 4.01. The van der Waals surface area contributed by atoms with Gasteiger partial charge in [0, 0.05) is 18.0 Å². The zero-order valence-electron chi connectivity index (χ0n) is 9.38. The van der Waals surface area contributed by atoms with Crippen LogP contribution in [-0.2, 0) is 4.74 Å². The van der Waals surface area contributed by atoms with Crippen molar-refractivity contribution < 1.29 is 4.74 Å². The highest BCUT2D eigenvalue weighted by Gasteiger charge is 2.14. The molecule has 0 aromatic carbocycles. The van der Waals surface area contributed by atoms with E-state index < -0.39 is 0 Å². The van der Waals surface area contributed by atoms with Gasteiger partial charge in [-0.2, -0.15) is 0 Å². The van der Waals surface area contributed by atoms with E-state index in [1.54, 1.807) is 11.3 Å². The fraction of sp³-hybridized carbons (Fsp3) is 0.727. The number of hydrogen-bond donors (Lipinski definition) is 1. The minimum Gasteiger partial charge on any atom is -0.378 e. The highest BCUT2D eigenvalue weighted by molar-refractivity contribution is 7.15. The topological polar surface area (TPSA) is 34.2 Å². The van der Waals surface area contributed by atoms with E-state index in [2.05, 4.69) is 24.1 Å². The SMILES string of the molecule is Cc1nc(NCCC2CCCO2)sc1C. The van der Waals surface area contributed by atoms with Crippen LogP contribution in [-0.4, -0.2) is 24.2 Å². The number of nitrogens with one attached hydrogen (secondary N) is 1. The van der Waals surface area contributed by atoms with Crippen LogP contribution in [0.2, 0.25) is 0 Å². The number of ether oxygens (including phenoxy) is 1. The maximum atomic E-state index is 5.56. The molecule has 1 aromatic rings. The van der Waals surface area contributed by atoms with Crippen LogP contribution in [0.25, 0.3) is 0 Å². The number of hydrogen-bond acceptors (Lipinski definition) is 4. The van der Waals surface area contributed by atoms with Gasteiger partial charge in [0.05, 0.1) is 11.8 Å². The number of aromatic nitrogens is 1. The summed E-state index contributed by atoms with van der Waals surface area (Å²) in [6, 6.07) is 0. The standard InChI is InChI=1S/C11H18N2OS/c1-8-9(2)15-11(13-8)12-6-5-10-4-3-7-14-10/h10H,3-7H2,1-2H3,(H,12,13). The van der Waals surface area contributed by atoms with Crippen LogP contribution in [0.3, 0.4) is 0 Å². The molecular formula is C11H18N2OS. The fourth-order valence-corrected chi connectivity index (χ4v) is 2.60. The molecule has 1 aliphatic heterocycles. The van der Waals surface area contributed by atoms with Gasteiger partial charge in [0.2, 0.25) is 0 Å². The molecule has 0 radical (unpaired) electrons. The monoisotopic (exact) mass is 226 g/mol. The van der Waals surface area contributed by atoms with Gasteiger partial charge in [-0.25, -0.2) is 4.98 Å². The second-order valence-electron chi connectivity index (χ2n) is 4.01. The van der Waals surface area contributed by atoms with Crippen LogP contribution in [0.1, 0.15) is 29.8 Å². The molecule has 1 unspecified atom stereocenters. The Morgan fingerprint density at radius 2 is 2.40 bits per heavy atom. The van der Waals surface area contributed by atoms with Gasteiger partial charge in [-0.15, -0.1) is 11.3 Å². The van der Waals surface area contributed by atoms with Gasteiger partial charge in [-0.3, -0.25) is 0 Å². The second kappa shape index (κ2) is 4.94. The van der Waals surface area contributed by atoms with E-state index in [0.29, 0.717) is 6.10 Å². The van der Waals surface area contributed by atoms with E-state index in [1.807, 2.05) is 0 Å². The van der Waals surface area contributed by atoms with Crippen molar-refractivity contribution >= 4 is 16.5 Å². The van der Waals surface area contributed by atoms with Crippen LogP contribution in [0.5, 0.6) is 0 Å². The third-order valence-corrected chi connectivity index (χ3v) is 3.83. The molecule has 1 saturated heterocycles. The first kappa shape index (κ1) is 10.9. The Labute approximate surface area is 94.9 Å². The van der Waals surface area contributed by atoms with Crippen LogP contribution in [0.15, 0.2) is 0 Å². The molecule has 2 rings (SSSR count). The predicted molar refractivity (Wildman–Crippen MR) is 63.7 cm³/mol. The number of rotatable bonds is 4. The van der Waals surface area contributed by atoms with Crippen molar-refractivity contribution in [3.63, 3.8) is 0 Å². The molecule has 3 nitrogen and oxygen atoms in total. The lowest BCUT2D eigenvalue weighted by molar-refractivity contribution is 0.107. The summed E-state index contributed by atoms with van der Waals surface area (Å²) in [5.41, 5.74) is 1.14. The lowest BCUT2D eigenvalue weighted by atomic mass is 10.2. The van der Waals surface area contributed by atoms with Crippen molar-refractivity contribution in [3.05, 3.63) is 10.6 Å². The first-order valence-electron chi connectivity index (χ1n) is 5.55. The summed E-state index contributed by atoms with van der Waals surface area (Å²) >= 11 is 1.73. The summed E-state index contributed by atoms with van der Waals surface area (Å²) < 4.78 is 5.56. The Bertz CT molecular complexity index is 299. The largest absolute Gasteiger partial charge is 0.378 e. The summed E-state index contributed by atoms with van der Waals surface area (Å²) in [5, 5.41) is 4.41. The molecule has 0 spiro atoms. The van der Waals surface area contributed by atoms with Gasteiger partial charge in [0.25, 0.3) is 0 Å². The van der Waals surface area contributed by atoms with E-state index in [0.717, 1.165) is 30.4 Å². The maximum absolute atomic E-state index is 5.56. The number of thiazole rings is 1. The van der Waals surface area contributed by atoms with Crippen LogP contribution < -0.4 is 5.32 Å². The molecule has 0 aliphatic carbocycles. The van der Waals surface area contributed by atoms with Crippen LogP contribution in [0, 0.1) is 13.8 Å². The molecule has 15 heavy (non-hydrogen) atoms. The zero-order chi connectivity index (χ0) is 10.7. The van der Waals surface area contributed by atoms with Gasteiger partial charge >= 0.3 is 0 Å². The van der Waals surface area contributed by atoms with Crippen molar-refractivity contribution in [2.24, 2.45) is 0 Å². The maximum Gasteiger partial charge on any atom is 0.183 e. The molecule has 84 valence electrons. The highest BCUT2D eigenvalue weighted by atomic mass is 32.1. The van der Waals surface area contributed by atoms with E-state index in [4.69, 9.17) is 4.74 Å². The van der Waals surface area contributed by atoms with Gasteiger partial charge in [0.15, 0.2) is 5.13 Å². The van der Waals surface area contributed by atoms with Crippen LogP contribution in [0.4, 0.5) is 5.13 Å². The fourth-order valence-electron chi connectivity index (χ4n) is 1.76. The Hall–Kier alpha value is -0.610. The minimum atomic E-state index is 0.472. The third-order valence-electron chi connectivity index (χ3n) is 2.80. The summed E-state index contributed by atoms with van der Waals surface area (Å²) in [7, 11) is 0. The highest BCUT2D eigenvalue weighted by Crippen LogP contribution is 2.21. The molecule has 0 saturated carbocycles. The Balaban J connectivity index is 1.73. The molecule has 1 aliphatic rings. The first-order chi connectivity index (χ1) is 7.25. The van der Waals surface area contributed by atoms with Crippen LogP contribution >= 0.6 is 11.3 Å². The Morgan fingerprint density at radius 3 is 3.00 bits per heavy atom. The molecule has 0 amide bonds. The summed E-state index contributed by atoms with van der Waals surface area (Å²) in [6.45, 7) is 6.08.